The van der Waals surface area contributed by atoms with Gasteiger partial charge in [0.25, 0.3) is 0 Å². The Kier molecular flexibility index (Phi) is 5.60. The quantitative estimate of drug-likeness (QED) is 0.770. The van der Waals surface area contributed by atoms with Crippen molar-refractivity contribution < 1.29 is 19.1 Å². The Balaban J connectivity index is 1.98. The van der Waals surface area contributed by atoms with Gasteiger partial charge in [-0.15, -0.1) is 0 Å². The molecule has 0 aromatic heterocycles. The molecule has 114 valence electrons. The van der Waals surface area contributed by atoms with Gasteiger partial charge in [0, 0.05) is 26.2 Å². The molecule has 2 aliphatic rings. The molecule has 1 atom stereocenters. The zero-order valence-electron chi connectivity index (χ0n) is 12.0. The minimum atomic E-state index is -0.523. The lowest BCUT2D eigenvalue weighted by atomic mass is 10.2. The molecule has 3 amide bonds. The summed E-state index contributed by atoms with van der Waals surface area (Å²) in [5, 5.41) is 2.83. The zero-order valence-corrected chi connectivity index (χ0v) is 12.0. The summed E-state index contributed by atoms with van der Waals surface area (Å²) in [5.74, 6) is -0.131. The van der Waals surface area contributed by atoms with E-state index in [-0.39, 0.29) is 18.5 Å². The molecule has 2 aliphatic heterocycles. The van der Waals surface area contributed by atoms with Crippen molar-refractivity contribution in [2.75, 3.05) is 52.6 Å². The fourth-order valence-corrected chi connectivity index (χ4v) is 2.35. The van der Waals surface area contributed by atoms with Gasteiger partial charge in [-0.25, -0.2) is 4.79 Å². The zero-order chi connectivity index (χ0) is 14.4. The van der Waals surface area contributed by atoms with Crippen molar-refractivity contribution >= 4 is 11.9 Å². The minimum absolute atomic E-state index is 0.0896. The summed E-state index contributed by atoms with van der Waals surface area (Å²) in [6.07, 6.45) is 0.872. The number of rotatable bonds is 3. The van der Waals surface area contributed by atoms with Crippen molar-refractivity contribution in [2.45, 2.75) is 19.4 Å². The van der Waals surface area contributed by atoms with Gasteiger partial charge in [0.2, 0.25) is 5.91 Å². The molecular weight excluding hydrogens is 262 g/mol. The first-order valence-electron chi connectivity index (χ1n) is 7.22. The smallest absolute Gasteiger partial charge is 0.321 e. The summed E-state index contributed by atoms with van der Waals surface area (Å²) in [6.45, 7) is 6.10. The normalized spacial score (nSPS) is 23.6. The van der Waals surface area contributed by atoms with Crippen LogP contribution in [0.5, 0.6) is 0 Å². The maximum Gasteiger partial charge on any atom is 0.321 e. The van der Waals surface area contributed by atoms with Crippen molar-refractivity contribution in [2.24, 2.45) is 0 Å². The van der Waals surface area contributed by atoms with Gasteiger partial charge >= 0.3 is 6.03 Å². The fraction of sp³-hybridized carbons (Fsp3) is 0.846. The summed E-state index contributed by atoms with van der Waals surface area (Å²) in [5.41, 5.74) is 0. The number of nitrogens with one attached hydrogen (secondary N) is 1. The first-order valence-corrected chi connectivity index (χ1v) is 7.22. The summed E-state index contributed by atoms with van der Waals surface area (Å²) >= 11 is 0. The van der Waals surface area contributed by atoms with Gasteiger partial charge in [0.05, 0.1) is 26.4 Å². The number of nitrogens with zero attached hydrogens (tertiary/aromatic N) is 2. The third kappa shape index (κ3) is 3.61. The maximum atomic E-state index is 12.5. The minimum Gasteiger partial charge on any atom is -0.378 e. The Bertz CT molecular complexity index is 345. The maximum absolute atomic E-state index is 12.5. The Morgan fingerprint density at radius 1 is 1.15 bits per heavy atom. The van der Waals surface area contributed by atoms with E-state index in [0.717, 1.165) is 6.42 Å². The second-order valence-corrected chi connectivity index (χ2v) is 4.96. The average molecular weight is 285 g/mol. The molecule has 2 fully saturated rings. The van der Waals surface area contributed by atoms with E-state index in [9.17, 15) is 9.59 Å². The number of amides is 3. The van der Waals surface area contributed by atoms with E-state index < -0.39 is 6.04 Å². The van der Waals surface area contributed by atoms with E-state index >= 15 is 0 Å². The summed E-state index contributed by atoms with van der Waals surface area (Å²) in [4.78, 5) is 28.0. The van der Waals surface area contributed by atoms with Crippen LogP contribution in [-0.2, 0) is 14.3 Å². The van der Waals surface area contributed by atoms with Gasteiger partial charge in [-0.3, -0.25) is 4.79 Å². The SMILES string of the molecule is CCCNC(=O)C1COCCN1C(=O)N1CCOCC1. The first kappa shape index (κ1) is 15.1. The summed E-state index contributed by atoms with van der Waals surface area (Å²) < 4.78 is 10.6. The predicted molar refractivity (Wildman–Crippen MR) is 72.4 cm³/mol. The summed E-state index contributed by atoms with van der Waals surface area (Å²) in [6, 6.07) is -0.612. The van der Waals surface area contributed by atoms with E-state index in [2.05, 4.69) is 5.32 Å². The van der Waals surface area contributed by atoms with Gasteiger partial charge in [0.15, 0.2) is 0 Å². The van der Waals surface area contributed by atoms with Crippen LogP contribution in [0.4, 0.5) is 4.79 Å². The van der Waals surface area contributed by atoms with Gasteiger partial charge < -0.3 is 24.6 Å². The molecule has 1 N–H and O–H groups in total. The standard InChI is InChI=1S/C13H23N3O4/c1-2-3-14-12(17)11-10-20-9-6-16(11)13(18)15-4-7-19-8-5-15/h11H,2-10H2,1H3,(H,14,17). The van der Waals surface area contributed by atoms with Crippen LogP contribution >= 0.6 is 0 Å². The van der Waals surface area contributed by atoms with Crippen LogP contribution in [0, 0.1) is 0 Å². The first-order chi connectivity index (χ1) is 9.74. The van der Waals surface area contributed by atoms with Gasteiger partial charge in [-0.2, -0.15) is 0 Å². The largest absolute Gasteiger partial charge is 0.378 e. The summed E-state index contributed by atoms with van der Waals surface area (Å²) in [7, 11) is 0. The second kappa shape index (κ2) is 7.44. The second-order valence-electron chi connectivity index (χ2n) is 4.96. The van der Waals surface area contributed by atoms with E-state index in [1.165, 1.54) is 0 Å². The molecule has 0 radical (unpaired) electrons. The molecule has 0 bridgehead atoms. The molecule has 0 aliphatic carbocycles. The lowest BCUT2D eigenvalue weighted by molar-refractivity contribution is -0.130. The Morgan fingerprint density at radius 3 is 2.55 bits per heavy atom. The van der Waals surface area contributed by atoms with E-state index in [1.54, 1.807) is 9.80 Å². The van der Waals surface area contributed by atoms with Crippen LogP contribution in [0.2, 0.25) is 0 Å². The molecule has 0 spiro atoms. The number of ether oxygens (including phenoxy) is 2. The van der Waals surface area contributed by atoms with Crippen molar-refractivity contribution in [3.63, 3.8) is 0 Å². The molecule has 7 nitrogen and oxygen atoms in total. The molecule has 0 aromatic carbocycles. The van der Waals surface area contributed by atoms with E-state index in [1.807, 2.05) is 6.92 Å². The van der Waals surface area contributed by atoms with Crippen molar-refractivity contribution in [1.82, 2.24) is 15.1 Å². The van der Waals surface area contributed by atoms with Crippen molar-refractivity contribution in [3.8, 4) is 0 Å². The average Bonchev–Trinajstić information content (AvgIpc) is 2.52. The van der Waals surface area contributed by atoms with Gasteiger partial charge in [0.1, 0.15) is 6.04 Å². The van der Waals surface area contributed by atoms with Crippen LogP contribution in [0.25, 0.3) is 0 Å². The predicted octanol–water partition coefficient (Wildman–Crippen LogP) is -0.334. The molecule has 7 heteroatoms. The highest BCUT2D eigenvalue weighted by Gasteiger charge is 2.35. The molecule has 0 saturated carbocycles. The van der Waals surface area contributed by atoms with Crippen molar-refractivity contribution in [1.29, 1.82) is 0 Å². The van der Waals surface area contributed by atoms with E-state index in [4.69, 9.17) is 9.47 Å². The van der Waals surface area contributed by atoms with Crippen molar-refractivity contribution in [3.05, 3.63) is 0 Å². The third-order valence-electron chi connectivity index (χ3n) is 3.51. The Labute approximate surface area is 119 Å². The Hall–Kier alpha value is -1.34. The number of hydrogen-bond acceptors (Lipinski definition) is 4. The lowest BCUT2D eigenvalue weighted by Crippen LogP contribution is -2.60. The number of carbonyl (C=O) groups excluding carboxylic acids is 2. The van der Waals surface area contributed by atoms with Crippen LogP contribution in [0.15, 0.2) is 0 Å². The monoisotopic (exact) mass is 285 g/mol. The number of urea groups is 1. The molecule has 20 heavy (non-hydrogen) atoms. The third-order valence-corrected chi connectivity index (χ3v) is 3.51. The molecular formula is C13H23N3O4. The molecule has 2 rings (SSSR count). The van der Waals surface area contributed by atoms with Crippen LogP contribution < -0.4 is 5.32 Å². The fourth-order valence-electron chi connectivity index (χ4n) is 2.35. The topological polar surface area (TPSA) is 71.1 Å². The number of hydrogen-bond donors (Lipinski definition) is 1. The van der Waals surface area contributed by atoms with Crippen LogP contribution in [0.1, 0.15) is 13.3 Å². The lowest BCUT2D eigenvalue weighted by Gasteiger charge is -2.39. The highest BCUT2D eigenvalue weighted by Crippen LogP contribution is 2.12. The number of morpholine rings is 2. The van der Waals surface area contributed by atoms with Gasteiger partial charge in [-0.1, -0.05) is 6.92 Å². The van der Waals surface area contributed by atoms with E-state index in [0.29, 0.717) is 46.0 Å². The molecule has 1 unspecified atom stereocenters. The molecule has 0 aromatic rings. The Morgan fingerprint density at radius 2 is 1.85 bits per heavy atom. The van der Waals surface area contributed by atoms with Gasteiger partial charge in [-0.05, 0) is 6.42 Å². The van der Waals surface area contributed by atoms with Crippen LogP contribution in [0.3, 0.4) is 0 Å². The highest BCUT2D eigenvalue weighted by atomic mass is 16.5. The number of carbonyl (C=O) groups is 2. The molecule has 2 heterocycles. The molecule has 2 saturated heterocycles. The van der Waals surface area contributed by atoms with Crippen LogP contribution in [-0.4, -0.2) is 80.4 Å². The highest BCUT2D eigenvalue weighted by molar-refractivity contribution is 5.87.